The Kier molecular flexibility index (Phi) is 4.31. The van der Waals surface area contributed by atoms with Gasteiger partial charge in [-0.1, -0.05) is 47.1 Å². The maximum atomic E-state index is 10.9. The van der Waals surface area contributed by atoms with Crippen LogP contribution in [0.4, 0.5) is 5.69 Å². The van der Waals surface area contributed by atoms with Gasteiger partial charge in [-0.3, -0.25) is 10.1 Å². The predicted octanol–water partition coefficient (Wildman–Crippen LogP) is 4.14. The standard InChI is InChI=1S/C20H20N3O2/c1-20(2)18(13-12-15-8-7-11-17(14-15)23(24)25)22(3)21-19(20)16-9-5-4-6-10-16/h4-14H,1-3H3/q+1. The molecule has 0 radical (unpaired) electrons. The summed E-state index contributed by atoms with van der Waals surface area (Å²) in [6, 6.07) is 16.7. The summed E-state index contributed by atoms with van der Waals surface area (Å²) in [5, 5.41) is 15.6. The number of non-ortho nitro benzene ring substituents is 1. The van der Waals surface area contributed by atoms with Gasteiger partial charge in [-0.15, -0.1) is 0 Å². The fraction of sp³-hybridized carbons (Fsp3) is 0.200. The molecule has 0 saturated heterocycles. The van der Waals surface area contributed by atoms with E-state index in [1.165, 1.54) is 6.07 Å². The van der Waals surface area contributed by atoms with Crippen molar-refractivity contribution in [3.63, 3.8) is 0 Å². The molecule has 0 fully saturated rings. The number of hydrogen-bond donors (Lipinski definition) is 0. The van der Waals surface area contributed by atoms with Crippen LogP contribution in [-0.2, 0) is 0 Å². The second kappa shape index (κ2) is 6.43. The summed E-state index contributed by atoms with van der Waals surface area (Å²) in [4.78, 5) is 10.5. The number of nitrogens with zero attached hydrogens (tertiary/aromatic N) is 3. The summed E-state index contributed by atoms with van der Waals surface area (Å²) >= 11 is 0. The zero-order valence-electron chi connectivity index (χ0n) is 14.5. The summed E-state index contributed by atoms with van der Waals surface area (Å²) in [7, 11) is 1.92. The Morgan fingerprint density at radius 2 is 1.80 bits per heavy atom. The van der Waals surface area contributed by atoms with Crippen molar-refractivity contribution in [2.24, 2.45) is 10.5 Å². The van der Waals surface area contributed by atoms with Crippen LogP contribution in [0.15, 0.2) is 65.8 Å². The fourth-order valence-electron chi connectivity index (χ4n) is 3.10. The van der Waals surface area contributed by atoms with Crippen molar-refractivity contribution in [1.82, 2.24) is 0 Å². The quantitative estimate of drug-likeness (QED) is 0.479. The third kappa shape index (κ3) is 3.26. The van der Waals surface area contributed by atoms with Crippen LogP contribution < -0.4 is 0 Å². The molecule has 3 rings (SSSR count). The second-order valence-electron chi connectivity index (χ2n) is 6.53. The molecule has 2 aromatic carbocycles. The molecule has 0 bridgehead atoms. The lowest BCUT2D eigenvalue weighted by Gasteiger charge is -2.16. The van der Waals surface area contributed by atoms with Gasteiger partial charge in [-0.2, -0.15) is 0 Å². The highest BCUT2D eigenvalue weighted by Gasteiger charge is 2.43. The minimum Gasteiger partial charge on any atom is -0.258 e. The average molecular weight is 334 g/mol. The van der Waals surface area contributed by atoms with Gasteiger partial charge in [0.2, 0.25) is 5.71 Å². The van der Waals surface area contributed by atoms with Crippen molar-refractivity contribution in [3.8, 4) is 0 Å². The lowest BCUT2D eigenvalue weighted by Crippen LogP contribution is -2.30. The lowest BCUT2D eigenvalue weighted by molar-refractivity contribution is -0.499. The van der Waals surface area contributed by atoms with E-state index in [2.05, 4.69) is 26.0 Å². The molecule has 25 heavy (non-hydrogen) atoms. The summed E-state index contributed by atoms with van der Waals surface area (Å²) in [5.74, 6) is 0. The number of hydrazone groups is 1. The SMILES string of the molecule is C[N+]1=C(C=Cc2cccc([N+](=O)[O-])c2)C(C)(C)C(c2ccccc2)=N1. The monoisotopic (exact) mass is 334 g/mol. The van der Waals surface area contributed by atoms with Gasteiger partial charge < -0.3 is 0 Å². The Morgan fingerprint density at radius 1 is 1.08 bits per heavy atom. The highest BCUT2D eigenvalue weighted by Crippen LogP contribution is 2.30. The van der Waals surface area contributed by atoms with Gasteiger partial charge in [0.1, 0.15) is 11.1 Å². The largest absolute Gasteiger partial charge is 0.270 e. The molecule has 1 aliphatic rings. The molecule has 0 N–H and O–H groups in total. The number of allylic oxidation sites excluding steroid dienone is 1. The molecular weight excluding hydrogens is 314 g/mol. The van der Waals surface area contributed by atoms with Crippen LogP contribution >= 0.6 is 0 Å². The number of rotatable bonds is 4. The normalized spacial score (nSPS) is 16.4. The number of hydrogen-bond acceptors (Lipinski definition) is 3. The van der Waals surface area contributed by atoms with E-state index in [0.717, 1.165) is 22.6 Å². The van der Waals surface area contributed by atoms with Crippen LogP contribution in [0.1, 0.15) is 25.0 Å². The fourth-order valence-corrected chi connectivity index (χ4v) is 3.10. The zero-order valence-corrected chi connectivity index (χ0v) is 14.5. The van der Waals surface area contributed by atoms with Crippen LogP contribution in [-0.4, -0.2) is 28.1 Å². The van der Waals surface area contributed by atoms with Crippen LogP contribution in [0.3, 0.4) is 0 Å². The molecule has 5 heteroatoms. The van der Waals surface area contributed by atoms with Gasteiger partial charge in [-0.05, 0) is 30.6 Å². The molecule has 0 aromatic heterocycles. The lowest BCUT2D eigenvalue weighted by atomic mass is 9.79. The highest BCUT2D eigenvalue weighted by atomic mass is 16.6. The molecule has 0 unspecified atom stereocenters. The number of benzene rings is 2. The Balaban J connectivity index is 1.90. The third-order valence-corrected chi connectivity index (χ3v) is 4.39. The van der Waals surface area contributed by atoms with Gasteiger partial charge in [0.15, 0.2) is 7.05 Å². The predicted molar refractivity (Wildman–Crippen MR) is 100 cm³/mol. The maximum Gasteiger partial charge on any atom is 0.270 e. The van der Waals surface area contributed by atoms with Gasteiger partial charge in [-0.25, -0.2) is 0 Å². The van der Waals surface area contributed by atoms with E-state index in [1.807, 2.05) is 48.1 Å². The highest BCUT2D eigenvalue weighted by molar-refractivity contribution is 6.21. The van der Waals surface area contributed by atoms with E-state index in [0.29, 0.717) is 0 Å². The van der Waals surface area contributed by atoms with Crippen molar-refractivity contribution in [3.05, 3.63) is 81.9 Å². The molecule has 0 atom stereocenters. The van der Waals surface area contributed by atoms with E-state index in [4.69, 9.17) is 5.10 Å². The van der Waals surface area contributed by atoms with Crippen LogP contribution in [0.5, 0.6) is 0 Å². The smallest absolute Gasteiger partial charge is 0.258 e. The first-order valence-electron chi connectivity index (χ1n) is 8.08. The van der Waals surface area contributed by atoms with Gasteiger partial charge in [0.25, 0.3) is 5.69 Å². The minimum absolute atomic E-state index is 0.0902. The summed E-state index contributed by atoms with van der Waals surface area (Å²) in [6.07, 6.45) is 3.88. The van der Waals surface area contributed by atoms with E-state index >= 15 is 0 Å². The molecule has 0 spiro atoms. The van der Waals surface area contributed by atoms with Crippen molar-refractivity contribution >= 4 is 23.2 Å². The molecule has 0 saturated carbocycles. The number of nitro benzene ring substituents is 1. The Hall–Kier alpha value is -3.08. The van der Waals surface area contributed by atoms with E-state index in [1.54, 1.807) is 12.1 Å². The summed E-state index contributed by atoms with van der Waals surface area (Å²) < 4.78 is 1.87. The van der Waals surface area contributed by atoms with E-state index < -0.39 is 0 Å². The van der Waals surface area contributed by atoms with Crippen molar-refractivity contribution in [1.29, 1.82) is 0 Å². The molecule has 0 aliphatic carbocycles. The van der Waals surface area contributed by atoms with Crippen LogP contribution in [0.2, 0.25) is 0 Å². The molecule has 126 valence electrons. The molecule has 5 nitrogen and oxygen atoms in total. The Labute approximate surface area is 146 Å². The second-order valence-corrected chi connectivity index (χ2v) is 6.53. The van der Waals surface area contributed by atoms with Crippen molar-refractivity contribution in [2.45, 2.75) is 13.8 Å². The maximum absolute atomic E-state index is 10.9. The summed E-state index contributed by atoms with van der Waals surface area (Å²) in [5.41, 5.74) is 3.77. The molecule has 1 aliphatic heterocycles. The summed E-state index contributed by atoms with van der Waals surface area (Å²) in [6.45, 7) is 4.27. The van der Waals surface area contributed by atoms with E-state index in [9.17, 15) is 10.1 Å². The first-order chi connectivity index (χ1) is 11.9. The molecular formula is C20H20N3O2+. The van der Waals surface area contributed by atoms with Gasteiger partial charge >= 0.3 is 0 Å². The van der Waals surface area contributed by atoms with Crippen LogP contribution in [0, 0.1) is 15.5 Å². The Morgan fingerprint density at radius 3 is 2.48 bits per heavy atom. The minimum atomic E-state index is -0.382. The topological polar surface area (TPSA) is 58.5 Å². The number of nitro groups is 1. The van der Waals surface area contributed by atoms with Gasteiger partial charge in [0.05, 0.1) is 4.92 Å². The molecule has 0 amide bonds. The molecule has 2 aromatic rings. The first kappa shape index (κ1) is 16.8. The molecule has 1 heterocycles. The average Bonchev–Trinajstić information content (AvgIpc) is 2.83. The first-order valence-corrected chi connectivity index (χ1v) is 8.08. The van der Waals surface area contributed by atoms with E-state index in [-0.39, 0.29) is 16.0 Å². The van der Waals surface area contributed by atoms with Crippen LogP contribution in [0.25, 0.3) is 6.08 Å². The van der Waals surface area contributed by atoms with Crippen molar-refractivity contribution in [2.75, 3.05) is 7.05 Å². The van der Waals surface area contributed by atoms with Crippen molar-refractivity contribution < 1.29 is 9.61 Å². The zero-order chi connectivity index (χ0) is 18.0. The van der Waals surface area contributed by atoms with Gasteiger partial charge in [0, 0.05) is 23.8 Å². The Bertz CT molecular complexity index is 910. The third-order valence-electron chi connectivity index (χ3n) is 4.39.